The number of hydrogen-bond acceptors (Lipinski definition) is 4. The van der Waals surface area contributed by atoms with E-state index in [2.05, 4.69) is 15.5 Å². The van der Waals surface area contributed by atoms with Crippen LogP contribution in [0.2, 0.25) is 0 Å². The molecular formula is C18H27N3O3. The lowest BCUT2D eigenvalue weighted by Gasteiger charge is -2.36. The number of methoxy groups -OCH3 is 1. The van der Waals surface area contributed by atoms with Crippen LogP contribution in [0.25, 0.3) is 0 Å². The van der Waals surface area contributed by atoms with Crippen LogP contribution >= 0.6 is 0 Å². The van der Waals surface area contributed by atoms with Crippen molar-refractivity contribution in [2.45, 2.75) is 32.7 Å². The Balaban J connectivity index is 1.93. The molecule has 132 valence electrons. The van der Waals surface area contributed by atoms with Crippen LogP contribution in [-0.4, -0.2) is 49.5 Å². The number of para-hydroxylation sites is 2. The zero-order valence-corrected chi connectivity index (χ0v) is 14.7. The number of nitrogens with one attached hydrogen (secondary N) is 2. The molecule has 2 amide bonds. The average Bonchev–Trinajstić information content (AvgIpc) is 2.60. The summed E-state index contributed by atoms with van der Waals surface area (Å²) in [5.74, 6) is 0.998. The summed E-state index contributed by atoms with van der Waals surface area (Å²) < 4.78 is 5.27. The van der Waals surface area contributed by atoms with Gasteiger partial charge in [0.1, 0.15) is 5.75 Å². The molecule has 0 spiro atoms. The van der Waals surface area contributed by atoms with Crippen molar-refractivity contribution in [3.63, 3.8) is 0 Å². The molecule has 1 aromatic carbocycles. The fourth-order valence-electron chi connectivity index (χ4n) is 3.05. The third-order valence-electron chi connectivity index (χ3n) is 4.48. The van der Waals surface area contributed by atoms with Crippen molar-refractivity contribution >= 4 is 17.5 Å². The van der Waals surface area contributed by atoms with Crippen molar-refractivity contribution in [1.29, 1.82) is 0 Å². The monoisotopic (exact) mass is 333 g/mol. The van der Waals surface area contributed by atoms with Crippen LogP contribution in [0, 0.1) is 5.92 Å². The highest BCUT2D eigenvalue weighted by atomic mass is 16.5. The van der Waals surface area contributed by atoms with E-state index in [-0.39, 0.29) is 17.9 Å². The van der Waals surface area contributed by atoms with Crippen molar-refractivity contribution in [3.8, 4) is 5.75 Å². The maximum Gasteiger partial charge on any atom is 0.241 e. The highest BCUT2D eigenvalue weighted by molar-refractivity contribution is 5.95. The first-order valence-electron chi connectivity index (χ1n) is 8.43. The summed E-state index contributed by atoms with van der Waals surface area (Å²) >= 11 is 0. The lowest BCUT2D eigenvalue weighted by molar-refractivity contribution is -0.122. The summed E-state index contributed by atoms with van der Waals surface area (Å²) in [5.41, 5.74) is 0.684. The largest absolute Gasteiger partial charge is 0.495 e. The third kappa shape index (κ3) is 4.96. The number of carbonyl (C=O) groups is 2. The summed E-state index contributed by atoms with van der Waals surface area (Å²) in [6.07, 6.45) is 2.12. The van der Waals surface area contributed by atoms with Crippen molar-refractivity contribution < 1.29 is 14.3 Å². The standard InChI is InChI=1S/C18H27N3O3/c1-13(18(23)20-16-8-4-5-9-17(16)24-3)21-10-6-7-15(12-21)11-19-14(2)22/h4-5,8-9,13,15H,6-7,10-12H2,1-3H3,(H,19,22)(H,20,23). The van der Waals surface area contributed by atoms with Gasteiger partial charge < -0.3 is 15.4 Å². The van der Waals surface area contributed by atoms with Crippen LogP contribution in [0.1, 0.15) is 26.7 Å². The van der Waals surface area contributed by atoms with Crippen LogP contribution in [0.15, 0.2) is 24.3 Å². The van der Waals surface area contributed by atoms with Gasteiger partial charge >= 0.3 is 0 Å². The molecule has 2 N–H and O–H groups in total. The van der Waals surface area contributed by atoms with E-state index < -0.39 is 0 Å². The normalized spacial score (nSPS) is 19.4. The Morgan fingerprint density at radius 3 is 2.83 bits per heavy atom. The highest BCUT2D eigenvalue weighted by Crippen LogP contribution is 2.24. The minimum absolute atomic E-state index is 0.00547. The van der Waals surface area contributed by atoms with E-state index in [0.717, 1.165) is 25.9 Å². The molecule has 1 saturated heterocycles. The second kappa shape index (κ2) is 8.68. The first kappa shape index (κ1) is 18.3. The van der Waals surface area contributed by atoms with E-state index >= 15 is 0 Å². The summed E-state index contributed by atoms with van der Waals surface area (Å²) in [4.78, 5) is 25.8. The molecule has 0 saturated carbocycles. The number of anilines is 1. The van der Waals surface area contributed by atoms with Gasteiger partial charge in [0.2, 0.25) is 11.8 Å². The molecule has 6 heteroatoms. The Kier molecular flexibility index (Phi) is 6.61. The molecule has 0 bridgehead atoms. The molecule has 0 radical (unpaired) electrons. The molecule has 2 atom stereocenters. The highest BCUT2D eigenvalue weighted by Gasteiger charge is 2.27. The number of benzene rings is 1. The van der Waals surface area contributed by atoms with Gasteiger partial charge in [-0.2, -0.15) is 0 Å². The first-order valence-corrected chi connectivity index (χ1v) is 8.43. The summed E-state index contributed by atoms with van der Waals surface area (Å²) in [6, 6.07) is 7.17. The lowest BCUT2D eigenvalue weighted by atomic mass is 9.96. The maximum atomic E-state index is 12.6. The van der Waals surface area contributed by atoms with Gasteiger partial charge in [-0.15, -0.1) is 0 Å². The zero-order valence-electron chi connectivity index (χ0n) is 14.7. The van der Waals surface area contributed by atoms with Gasteiger partial charge in [-0.05, 0) is 44.4 Å². The van der Waals surface area contributed by atoms with Gasteiger partial charge in [-0.3, -0.25) is 14.5 Å². The topological polar surface area (TPSA) is 70.7 Å². The molecule has 1 aromatic rings. The Hall–Kier alpha value is -2.08. The molecule has 24 heavy (non-hydrogen) atoms. The van der Waals surface area contributed by atoms with Crippen LogP contribution < -0.4 is 15.4 Å². The molecule has 0 aliphatic carbocycles. The summed E-state index contributed by atoms with van der Waals surface area (Å²) in [7, 11) is 1.59. The quantitative estimate of drug-likeness (QED) is 0.834. The van der Waals surface area contributed by atoms with E-state index in [4.69, 9.17) is 4.74 Å². The summed E-state index contributed by atoms with van der Waals surface area (Å²) in [6.45, 7) is 5.85. The van der Waals surface area contributed by atoms with Gasteiger partial charge in [0.05, 0.1) is 18.8 Å². The molecule has 1 aliphatic heterocycles. The number of ether oxygens (including phenoxy) is 1. The van der Waals surface area contributed by atoms with Gasteiger partial charge in [-0.25, -0.2) is 0 Å². The SMILES string of the molecule is COc1ccccc1NC(=O)C(C)N1CCCC(CNC(C)=O)C1. The van der Waals surface area contributed by atoms with E-state index in [1.165, 1.54) is 6.92 Å². The third-order valence-corrected chi connectivity index (χ3v) is 4.48. The van der Waals surface area contributed by atoms with E-state index in [1.807, 2.05) is 31.2 Å². The van der Waals surface area contributed by atoms with Crippen molar-refractivity contribution in [2.24, 2.45) is 5.92 Å². The number of carbonyl (C=O) groups excluding carboxylic acids is 2. The molecule has 1 heterocycles. The molecular weight excluding hydrogens is 306 g/mol. The van der Waals surface area contributed by atoms with Crippen molar-refractivity contribution in [3.05, 3.63) is 24.3 Å². The number of nitrogens with zero attached hydrogens (tertiary/aromatic N) is 1. The average molecular weight is 333 g/mol. The Morgan fingerprint density at radius 1 is 1.38 bits per heavy atom. The fraction of sp³-hybridized carbons (Fsp3) is 0.556. The minimum atomic E-state index is -0.227. The molecule has 2 rings (SSSR count). The number of hydrogen-bond donors (Lipinski definition) is 2. The first-order chi connectivity index (χ1) is 11.5. The van der Waals surface area contributed by atoms with Crippen LogP contribution in [0.4, 0.5) is 5.69 Å². The van der Waals surface area contributed by atoms with Gasteiger partial charge in [0, 0.05) is 20.0 Å². The second-order valence-electron chi connectivity index (χ2n) is 6.31. The zero-order chi connectivity index (χ0) is 17.5. The number of rotatable bonds is 6. The molecule has 2 unspecified atom stereocenters. The van der Waals surface area contributed by atoms with Crippen molar-refractivity contribution in [1.82, 2.24) is 10.2 Å². The predicted octanol–water partition coefficient (Wildman–Crippen LogP) is 1.87. The summed E-state index contributed by atoms with van der Waals surface area (Å²) in [5, 5.41) is 5.82. The lowest BCUT2D eigenvalue weighted by Crippen LogP contribution is -2.48. The number of amides is 2. The van der Waals surface area contributed by atoms with E-state index in [1.54, 1.807) is 7.11 Å². The van der Waals surface area contributed by atoms with E-state index in [0.29, 0.717) is 23.9 Å². The number of likely N-dealkylation sites (tertiary alicyclic amines) is 1. The molecule has 1 fully saturated rings. The Labute approximate surface area is 143 Å². The maximum absolute atomic E-state index is 12.6. The van der Waals surface area contributed by atoms with Crippen LogP contribution in [0.3, 0.4) is 0 Å². The Bertz CT molecular complexity index is 576. The van der Waals surface area contributed by atoms with E-state index in [9.17, 15) is 9.59 Å². The fourth-order valence-corrected chi connectivity index (χ4v) is 3.05. The smallest absolute Gasteiger partial charge is 0.241 e. The van der Waals surface area contributed by atoms with Crippen LogP contribution in [-0.2, 0) is 9.59 Å². The minimum Gasteiger partial charge on any atom is -0.495 e. The van der Waals surface area contributed by atoms with Gasteiger partial charge in [0.25, 0.3) is 0 Å². The van der Waals surface area contributed by atoms with Gasteiger partial charge in [-0.1, -0.05) is 12.1 Å². The second-order valence-corrected chi connectivity index (χ2v) is 6.31. The molecule has 1 aliphatic rings. The van der Waals surface area contributed by atoms with Crippen molar-refractivity contribution in [2.75, 3.05) is 32.1 Å². The predicted molar refractivity (Wildman–Crippen MR) is 94.1 cm³/mol. The number of piperidine rings is 1. The Morgan fingerprint density at radius 2 is 2.12 bits per heavy atom. The van der Waals surface area contributed by atoms with Gasteiger partial charge in [0.15, 0.2) is 0 Å². The van der Waals surface area contributed by atoms with Crippen LogP contribution in [0.5, 0.6) is 5.75 Å². The molecule has 6 nitrogen and oxygen atoms in total. The molecule has 0 aromatic heterocycles.